The lowest BCUT2D eigenvalue weighted by Crippen LogP contribution is -2.43. The molecule has 0 spiro atoms. The molecule has 2 aromatic heterocycles. The van der Waals surface area contributed by atoms with Crippen molar-refractivity contribution < 1.29 is 13.2 Å². The van der Waals surface area contributed by atoms with Crippen LogP contribution in [0.2, 0.25) is 0 Å². The standard InChI is InChI=1S/C14H14F3N7/c15-14(16,17)24-2-1-8(10-6-22-13(19)23-12(10)18)3-11(24)9-4-20-7-21-5-9/h1,4-7,11H,2-3H2,(H4,18,19,22,23). The molecule has 7 nitrogen and oxygen atoms in total. The summed E-state index contributed by atoms with van der Waals surface area (Å²) in [5.41, 5.74) is 12.8. The molecule has 1 unspecified atom stereocenters. The first-order valence-electron chi connectivity index (χ1n) is 7.02. The lowest BCUT2D eigenvalue weighted by Gasteiger charge is -2.36. The van der Waals surface area contributed by atoms with Crippen molar-refractivity contribution in [3.05, 3.63) is 42.1 Å². The molecule has 0 fully saturated rings. The van der Waals surface area contributed by atoms with Crippen LogP contribution in [-0.4, -0.2) is 37.7 Å². The van der Waals surface area contributed by atoms with Crippen LogP contribution in [0.25, 0.3) is 5.57 Å². The van der Waals surface area contributed by atoms with Gasteiger partial charge in [-0.05, 0) is 12.0 Å². The number of aromatic nitrogens is 4. The summed E-state index contributed by atoms with van der Waals surface area (Å²) in [4.78, 5) is 15.8. The summed E-state index contributed by atoms with van der Waals surface area (Å²) in [5.74, 6) is 0.148. The Hall–Kier alpha value is -2.75. The molecule has 0 radical (unpaired) electrons. The van der Waals surface area contributed by atoms with Gasteiger partial charge in [0.2, 0.25) is 5.95 Å². The Kier molecular flexibility index (Phi) is 4.06. The van der Waals surface area contributed by atoms with E-state index >= 15 is 0 Å². The predicted octanol–water partition coefficient (Wildman–Crippen LogP) is 1.78. The van der Waals surface area contributed by atoms with Gasteiger partial charge in [-0.25, -0.2) is 19.9 Å². The summed E-state index contributed by atoms with van der Waals surface area (Å²) in [7, 11) is 0. The highest BCUT2D eigenvalue weighted by Gasteiger charge is 2.44. The number of anilines is 2. The van der Waals surface area contributed by atoms with Gasteiger partial charge in [0.1, 0.15) is 12.1 Å². The van der Waals surface area contributed by atoms with E-state index in [0.29, 0.717) is 21.6 Å². The maximum absolute atomic E-state index is 13.3. The van der Waals surface area contributed by atoms with E-state index in [1.807, 2.05) is 0 Å². The van der Waals surface area contributed by atoms with Crippen LogP contribution in [0.5, 0.6) is 0 Å². The maximum atomic E-state index is 13.3. The Morgan fingerprint density at radius 2 is 1.83 bits per heavy atom. The molecule has 1 atom stereocenters. The number of halogens is 3. The maximum Gasteiger partial charge on any atom is 0.460 e. The van der Waals surface area contributed by atoms with Crippen LogP contribution in [0.1, 0.15) is 23.6 Å². The van der Waals surface area contributed by atoms with Crippen molar-refractivity contribution in [2.45, 2.75) is 18.8 Å². The van der Waals surface area contributed by atoms with Gasteiger partial charge in [0, 0.05) is 36.3 Å². The van der Waals surface area contributed by atoms with Crippen molar-refractivity contribution >= 4 is 17.3 Å². The van der Waals surface area contributed by atoms with E-state index in [0.717, 1.165) is 0 Å². The number of alkyl halides is 3. The molecule has 0 amide bonds. The lowest BCUT2D eigenvalue weighted by molar-refractivity contribution is -0.257. The van der Waals surface area contributed by atoms with Crippen LogP contribution in [0.15, 0.2) is 31.0 Å². The van der Waals surface area contributed by atoms with E-state index in [2.05, 4.69) is 19.9 Å². The molecule has 126 valence electrons. The van der Waals surface area contributed by atoms with E-state index in [1.165, 1.54) is 31.0 Å². The van der Waals surface area contributed by atoms with Crippen molar-refractivity contribution in [1.82, 2.24) is 24.8 Å². The van der Waals surface area contributed by atoms with Gasteiger partial charge in [-0.3, -0.25) is 0 Å². The molecule has 3 rings (SSSR count). The van der Waals surface area contributed by atoms with E-state index in [9.17, 15) is 13.2 Å². The largest absolute Gasteiger partial charge is 0.460 e. The molecule has 10 heteroatoms. The molecule has 1 aliphatic rings. The normalized spacial score (nSPS) is 19.1. The van der Waals surface area contributed by atoms with Gasteiger partial charge in [-0.2, -0.15) is 18.2 Å². The van der Waals surface area contributed by atoms with Gasteiger partial charge in [0.15, 0.2) is 0 Å². The molecule has 0 aromatic carbocycles. The van der Waals surface area contributed by atoms with Crippen LogP contribution < -0.4 is 11.5 Å². The summed E-state index contributed by atoms with van der Waals surface area (Å²) in [5, 5.41) is 0. The molecule has 1 aliphatic heterocycles. The lowest BCUT2D eigenvalue weighted by atomic mass is 9.92. The van der Waals surface area contributed by atoms with Gasteiger partial charge in [-0.1, -0.05) is 6.08 Å². The van der Waals surface area contributed by atoms with E-state index in [4.69, 9.17) is 11.5 Å². The fourth-order valence-electron chi connectivity index (χ4n) is 2.67. The topological polar surface area (TPSA) is 107 Å². The molecule has 0 aliphatic carbocycles. The number of rotatable bonds is 2. The molecule has 0 saturated carbocycles. The Labute approximate surface area is 135 Å². The van der Waals surface area contributed by atoms with Crippen LogP contribution >= 0.6 is 0 Å². The van der Waals surface area contributed by atoms with Crippen molar-refractivity contribution in [2.75, 3.05) is 18.0 Å². The third-order valence-corrected chi connectivity index (χ3v) is 3.80. The average Bonchev–Trinajstić information content (AvgIpc) is 2.54. The highest BCUT2D eigenvalue weighted by molar-refractivity contribution is 5.74. The zero-order valence-electron chi connectivity index (χ0n) is 12.4. The molecule has 3 heterocycles. The molecule has 2 aromatic rings. The van der Waals surface area contributed by atoms with Crippen molar-refractivity contribution in [3.63, 3.8) is 0 Å². The fraction of sp³-hybridized carbons (Fsp3) is 0.286. The number of hydrogen-bond donors (Lipinski definition) is 2. The van der Waals surface area contributed by atoms with Crippen LogP contribution in [0, 0.1) is 0 Å². The molecule has 0 bridgehead atoms. The second kappa shape index (κ2) is 6.04. The summed E-state index contributed by atoms with van der Waals surface area (Å²) in [6.45, 7) is -0.317. The average molecular weight is 337 g/mol. The van der Waals surface area contributed by atoms with Gasteiger partial charge >= 0.3 is 6.30 Å². The minimum absolute atomic E-state index is 0.0117. The Balaban J connectivity index is 1.99. The van der Waals surface area contributed by atoms with Gasteiger partial charge in [0.25, 0.3) is 0 Å². The van der Waals surface area contributed by atoms with Crippen molar-refractivity contribution in [3.8, 4) is 0 Å². The first-order valence-corrected chi connectivity index (χ1v) is 7.02. The van der Waals surface area contributed by atoms with E-state index < -0.39 is 12.3 Å². The SMILES string of the molecule is Nc1ncc(C2=CCN(C(F)(F)F)C(c3cncnc3)C2)c(N)n1. The summed E-state index contributed by atoms with van der Waals surface area (Å²) in [6, 6.07) is -0.955. The van der Waals surface area contributed by atoms with Crippen molar-refractivity contribution in [1.29, 1.82) is 0 Å². The Bertz CT molecular complexity index is 761. The first kappa shape index (κ1) is 16.1. The molecule has 0 saturated heterocycles. The van der Waals surface area contributed by atoms with Crippen LogP contribution in [-0.2, 0) is 0 Å². The minimum Gasteiger partial charge on any atom is -0.383 e. The zero-order chi connectivity index (χ0) is 17.3. The first-order chi connectivity index (χ1) is 11.4. The molecule has 24 heavy (non-hydrogen) atoms. The second-order valence-electron chi connectivity index (χ2n) is 5.27. The summed E-state index contributed by atoms with van der Waals surface area (Å²) < 4.78 is 40.0. The van der Waals surface area contributed by atoms with E-state index in [1.54, 1.807) is 0 Å². The Morgan fingerprint density at radius 3 is 2.46 bits per heavy atom. The second-order valence-corrected chi connectivity index (χ2v) is 5.27. The predicted molar refractivity (Wildman–Crippen MR) is 81.0 cm³/mol. The number of nitrogens with zero attached hydrogens (tertiary/aromatic N) is 5. The monoisotopic (exact) mass is 337 g/mol. The summed E-state index contributed by atoms with van der Waals surface area (Å²) >= 11 is 0. The molecular weight excluding hydrogens is 323 g/mol. The van der Waals surface area contributed by atoms with E-state index in [-0.39, 0.29) is 24.7 Å². The minimum atomic E-state index is -4.48. The Morgan fingerprint density at radius 1 is 1.12 bits per heavy atom. The highest BCUT2D eigenvalue weighted by Crippen LogP contribution is 2.41. The molecule has 4 N–H and O–H groups in total. The van der Waals surface area contributed by atoms with Crippen LogP contribution in [0.4, 0.5) is 24.9 Å². The van der Waals surface area contributed by atoms with Gasteiger partial charge < -0.3 is 11.5 Å². The summed E-state index contributed by atoms with van der Waals surface area (Å²) in [6.07, 6.45) is 2.51. The number of nitrogen functional groups attached to an aromatic ring is 2. The quantitative estimate of drug-likeness (QED) is 0.804. The molecular formula is C14H14F3N7. The van der Waals surface area contributed by atoms with Crippen LogP contribution in [0.3, 0.4) is 0 Å². The highest BCUT2D eigenvalue weighted by atomic mass is 19.4. The fourth-order valence-corrected chi connectivity index (χ4v) is 2.67. The smallest absolute Gasteiger partial charge is 0.383 e. The van der Waals surface area contributed by atoms with Gasteiger partial charge in [0.05, 0.1) is 6.04 Å². The van der Waals surface area contributed by atoms with Gasteiger partial charge in [-0.15, -0.1) is 0 Å². The number of nitrogens with two attached hydrogens (primary N) is 2. The third-order valence-electron chi connectivity index (χ3n) is 3.80. The third kappa shape index (κ3) is 3.13. The van der Waals surface area contributed by atoms with Crippen molar-refractivity contribution in [2.24, 2.45) is 0 Å². The zero-order valence-corrected chi connectivity index (χ0v) is 12.4. The number of hydrogen-bond acceptors (Lipinski definition) is 7.